The Morgan fingerprint density at radius 3 is 2.46 bits per heavy atom. The van der Waals surface area contributed by atoms with E-state index in [4.69, 9.17) is 4.98 Å². The number of rotatable bonds is 4. The van der Waals surface area contributed by atoms with Crippen LogP contribution >= 0.6 is 11.3 Å². The van der Waals surface area contributed by atoms with E-state index >= 15 is 0 Å². The first-order chi connectivity index (χ1) is 12.2. The van der Waals surface area contributed by atoms with Crippen LogP contribution in [0.15, 0.2) is 23.0 Å². The van der Waals surface area contributed by atoms with Crippen molar-refractivity contribution >= 4 is 27.3 Å². The van der Waals surface area contributed by atoms with E-state index in [1.807, 2.05) is 59.7 Å². The standard InChI is InChI=1S/C21H24N2O2S/c1-11(2)19-22-20-18(14(5)15(6)26-20)21(25)23(19)10-17(24)16-8-7-12(3)13(4)9-16/h7-9,11H,10H2,1-6H3. The first-order valence-electron chi connectivity index (χ1n) is 8.81. The van der Waals surface area contributed by atoms with Gasteiger partial charge in [-0.15, -0.1) is 11.3 Å². The molecule has 0 radical (unpaired) electrons. The zero-order chi connectivity index (χ0) is 19.2. The Morgan fingerprint density at radius 1 is 1.15 bits per heavy atom. The Kier molecular flexibility index (Phi) is 4.84. The second-order valence-electron chi connectivity index (χ2n) is 7.20. The zero-order valence-corrected chi connectivity index (χ0v) is 17.0. The van der Waals surface area contributed by atoms with Gasteiger partial charge in [0.1, 0.15) is 10.7 Å². The number of carbonyl (C=O) groups is 1. The molecule has 0 bridgehead atoms. The maximum atomic E-state index is 13.2. The van der Waals surface area contributed by atoms with Crippen LogP contribution in [0.3, 0.4) is 0 Å². The molecule has 0 unspecified atom stereocenters. The van der Waals surface area contributed by atoms with E-state index in [0.29, 0.717) is 16.8 Å². The van der Waals surface area contributed by atoms with Gasteiger partial charge in [-0.1, -0.05) is 26.0 Å². The Bertz CT molecular complexity index is 1070. The summed E-state index contributed by atoms with van der Waals surface area (Å²) in [5.74, 6) is 0.658. The molecule has 0 saturated heterocycles. The maximum absolute atomic E-state index is 13.2. The molecule has 0 aliphatic heterocycles. The number of aromatic nitrogens is 2. The van der Waals surface area contributed by atoms with Crippen LogP contribution in [-0.4, -0.2) is 15.3 Å². The second-order valence-corrected chi connectivity index (χ2v) is 8.40. The van der Waals surface area contributed by atoms with Crippen molar-refractivity contribution in [1.82, 2.24) is 9.55 Å². The van der Waals surface area contributed by atoms with Crippen LogP contribution in [0.2, 0.25) is 0 Å². The Labute approximate surface area is 157 Å². The van der Waals surface area contributed by atoms with E-state index < -0.39 is 0 Å². The summed E-state index contributed by atoms with van der Waals surface area (Å²) in [7, 11) is 0. The lowest BCUT2D eigenvalue weighted by molar-refractivity contribution is 0.0969. The SMILES string of the molecule is Cc1ccc(C(=O)Cn2c(C(C)C)nc3sc(C)c(C)c3c2=O)cc1C. The topological polar surface area (TPSA) is 52.0 Å². The fourth-order valence-electron chi connectivity index (χ4n) is 3.09. The summed E-state index contributed by atoms with van der Waals surface area (Å²) in [6, 6.07) is 5.67. The zero-order valence-electron chi connectivity index (χ0n) is 16.1. The number of nitrogens with zero attached hydrogens (tertiary/aromatic N) is 2. The largest absolute Gasteiger partial charge is 0.292 e. The van der Waals surface area contributed by atoms with Gasteiger partial charge in [-0.05, 0) is 50.5 Å². The van der Waals surface area contributed by atoms with Crippen LogP contribution in [0, 0.1) is 27.7 Å². The summed E-state index contributed by atoms with van der Waals surface area (Å²) in [6.07, 6.45) is 0. The molecule has 0 N–H and O–H groups in total. The van der Waals surface area contributed by atoms with Gasteiger partial charge in [0.2, 0.25) is 0 Å². The third kappa shape index (κ3) is 3.12. The molecule has 0 amide bonds. The molecule has 0 atom stereocenters. The lowest BCUT2D eigenvalue weighted by atomic mass is 10.0. The number of benzene rings is 1. The summed E-state index contributed by atoms with van der Waals surface area (Å²) in [6.45, 7) is 12.0. The van der Waals surface area contributed by atoms with Gasteiger partial charge in [-0.25, -0.2) is 4.98 Å². The highest BCUT2D eigenvalue weighted by Gasteiger charge is 2.20. The fourth-order valence-corrected chi connectivity index (χ4v) is 4.11. The van der Waals surface area contributed by atoms with Crippen molar-refractivity contribution < 1.29 is 4.79 Å². The van der Waals surface area contributed by atoms with Crippen LogP contribution in [0.4, 0.5) is 0 Å². The minimum absolute atomic E-state index is 0.0200. The number of thiophene rings is 1. The molecule has 0 fully saturated rings. The summed E-state index contributed by atoms with van der Waals surface area (Å²) < 4.78 is 1.56. The molecule has 136 valence electrons. The normalized spacial score (nSPS) is 11.5. The summed E-state index contributed by atoms with van der Waals surface area (Å²) in [4.78, 5) is 32.6. The fraction of sp³-hybridized carbons (Fsp3) is 0.381. The monoisotopic (exact) mass is 368 g/mol. The van der Waals surface area contributed by atoms with Crippen molar-refractivity contribution in [3.8, 4) is 0 Å². The minimum atomic E-state index is -0.113. The molecule has 2 aromatic heterocycles. The summed E-state index contributed by atoms with van der Waals surface area (Å²) in [5, 5.41) is 0.643. The quantitative estimate of drug-likeness (QED) is 0.627. The van der Waals surface area contributed by atoms with Crippen LogP contribution in [0.5, 0.6) is 0 Å². The molecule has 0 spiro atoms. The molecule has 5 heteroatoms. The smallest absolute Gasteiger partial charge is 0.262 e. The van der Waals surface area contributed by atoms with Gasteiger partial charge in [0.25, 0.3) is 5.56 Å². The van der Waals surface area contributed by atoms with Crippen molar-refractivity contribution in [2.75, 3.05) is 0 Å². The van der Waals surface area contributed by atoms with E-state index in [1.165, 1.54) is 0 Å². The lowest BCUT2D eigenvalue weighted by Crippen LogP contribution is -2.29. The molecule has 3 aromatic rings. The van der Waals surface area contributed by atoms with Gasteiger partial charge < -0.3 is 0 Å². The van der Waals surface area contributed by atoms with Crippen molar-refractivity contribution in [2.24, 2.45) is 0 Å². The minimum Gasteiger partial charge on any atom is -0.292 e. The number of Topliss-reactive ketones (excluding diaryl/α,β-unsaturated/α-hetero) is 1. The average molecular weight is 369 g/mol. The average Bonchev–Trinajstić information content (AvgIpc) is 2.86. The molecule has 1 aromatic carbocycles. The molecular formula is C21H24N2O2S. The highest BCUT2D eigenvalue weighted by molar-refractivity contribution is 7.18. The Morgan fingerprint density at radius 2 is 1.85 bits per heavy atom. The van der Waals surface area contributed by atoms with E-state index in [9.17, 15) is 9.59 Å². The highest BCUT2D eigenvalue weighted by Crippen LogP contribution is 2.27. The number of aryl methyl sites for hydroxylation is 4. The lowest BCUT2D eigenvalue weighted by Gasteiger charge is -2.15. The molecule has 2 heterocycles. The molecule has 3 rings (SSSR count). The molecule has 0 aliphatic rings. The molecule has 4 nitrogen and oxygen atoms in total. The number of hydrogen-bond donors (Lipinski definition) is 0. The van der Waals surface area contributed by atoms with E-state index in [2.05, 4.69) is 0 Å². The second kappa shape index (κ2) is 6.80. The van der Waals surface area contributed by atoms with E-state index in [0.717, 1.165) is 26.4 Å². The molecule has 26 heavy (non-hydrogen) atoms. The predicted octanol–water partition coefficient (Wildman–Crippen LogP) is 4.70. The van der Waals surface area contributed by atoms with Gasteiger partial charge in [0, 0.05) is 16.4 Å². The Balaban J connectivity index is 2.13. The first-order valence-corrected chi connectivity index (χ1v) is 9.63. The number of carbonyl (C=O) groups excluding carboxylic acids is 1. The summed E-state index contributed by atoms with van der Waals surface area (Å²) >= 11 is 1.54. The Hall–Kier alpha value is -2.27. The number of ketones is 1. The van der Waals surface area contributed by atoms with E-state index in [1.54, 1.807) is 15.9 Å². The van der Waals surface area contributed by atoms with Crippen LogP contribution < -0.4 is 5.56 Å². The maximum Gasteiger partial charge on any atom is 0.262 e. The third-order valence-corrected chi connectivity index (χ3v) is 6.07. The van der Waals surface area contributed by atoms with Gasteiger partial charge in [-0.3, -0.25) is 14.2 Å². The van der Waals surface area contributed by atoms with Crippen molar-refractivity contribution in [2.45, 2.75) is 54.0 Å². The van der Waals surface area contributed by atoms with Gasteiger partial charge in [-0.2, -0.15) is 0 Å². The third-order valence-electron chi connectivity index (χ3n) is 4.97. The van der Waals surface area contributed by atoms with Crippen LogP contribution in [0.1, 0.15) is 57.5 Å². The van der Waals surface area contributed by atoms with Crippen molar-refractivity contribution in [3.05, 3.63) is 61.5 Å². The van der Waals surface area contributed by atoms with E-state index in [-0.39, 0.29) is 23.8 Å². The molecule has 0 saturated carbocycles. The first kappa shape index (κ1) is 18.5. The van der Waals surface area contributed by atoms with Gasteiger partial charge >= 0.3 is 0 Å². The van der Waals surface area contributed by atoms with Crippen molar-refractivity contribution in [3.63, 3.8) is 0 Å². The van der Waals surface area contributed by atoms with Crippen LogP contribution in [-0.2, 0) is 6.54 Å². The van der Waals surface area contributed by atoms with Crippen molar-refractivity contribution in [1.29, 1.82) is 0 Å². The van der Waals surface area contributed by atoms with Gasteiger partial charge in [0.15, 0.2) is 5.78 Å². The van der Waals surface area contributed by atoms with Gasteiger partial charge in [0.05, 0.1) is 11.9 Å². The molecule has 0 aliphatic carbocycles. The predicted molar refractivity (Wildman–Crippen MR) is 108 cm³/mol. The summed E-state index contributed by atoms with van der Waals surface area (Å²) in [5.41, 5.74) is 3.70. The number of hydrogen-bond acceptors (Lipinski definition) is 4. The molecular weight excluding hydrogens is 344 g/mol. The number of fused-ring (bicyclic) bond motifs is 1. The van der Waals surface area contributed by atoms with Crippen LogP contribution in [0.25, 0.3) is 10.2 Å². The highest BCUT2D eigenvalue weighted by atomic mass is 32.1.